The summed E-state index contributed by atoms with van der Waals surface area (Å²) < 4.78 is 5.26. The average molecular weight is 205 g/mol. The van der Waals surface area contributed by atoms with Gasteiger partial charge in [0, 0.05) is 16.7 Å². The number of rotatable bonds is 2. The predicted octanol–water partition coefficient (Wildman–Crippen LogP) is 2.98. The lowest BCUT2D eigenvalue weighted by molar-refractivity contribution is 0.416. The zero-order chi connectivity index (χ0) is 9.97. The fourth-order valence-electron chi connectivity index (χ4n) is 1.41. The molecule has 0 atom stereocenters. The maximum absolute atomic E-state index is 5.26. The second kappa shape index (κ2) is 3.80. The first-order valence-electron chi connectivity index (χ1n) is 4.32. The second-order valence-corrected chi connectivity index (χ2v) is 3.49. The Morgan fingerprint density at radius 1 is 1.29 bits per heavy atom. The molecule has 3 heteroatoms. The maximum atomic E-state index is 5.26. The van der Waals surface area contributed by atoms with E-state index in [-0.39, 0.29) is 0 Å². The van der Waals surface area contributed by atoms with E-state index in [0.717, 1.165) is 21.9 Å². The van der Waals surface area contributed by atoms with Crippen LogP contribution in [0.3, 0.4) is 0 Å². The lowest BCUT2D eigenvalue weighted by atomic mass is 10.1. The van der Waals surface area contributed by atoms with Crippen molar-refractivity contribution in [3.63, 3.8) is 0 Å². The number of hydrogen-bond donors (Lipinski definition) is 2. The average Bonchev–Trinajstić information content (AvgIpc) is 2.65. The van der Waals surface area contributed by atoms with Gasteiger partial charge in [-0.05, 0) is 18.2 Å². The number of ether oxygens (including phenoxy) is 1. The Kier molecular flexibility index (Phi) is 2.50. The molecule has 0 radical (unpaired) electrons. The van der Waals surface area contributed by atoms with Gasteiger partial charge in [0.25, 0.3) is 0 Å². The summed E-state index contributed by atoms with van der Waals surface area (Å²) in [4.78, 5) is 4.06. The van der Waals surface area contributed by atoms with E-state index in [1.54, 1.807) is 7.11 Å². The van der Waals surface area contributed by atoms with Gasteiger partial charge in [0.1, 0.15) is 5.75 Å². The van der Waals surface area contributed by atoms with Crippen LogP contribution in [0.1, 0.15) is 0 Å². The summed E-state index contributed by atoms with van der Waals surface area (Å²) >= 11 is 4.25. The van der Waals surface area contributed by atoms with Gasteiger partial charge in [-0.15, -0.1) is 12.6 Å². The molecule has 1 heterocycles. The Bertz CT molecular complexity index is 436. The van der Waals surface area contributed by atoms with E-state index in [1.165, 1.54) is 0 Å². The van der Waals surface area contributed by atoms with E-state index in [2.05, 4.69) is 17.6 Å². The van der Waals surface area contributed by atoms with Gasteiger partial charge in [-0.2, -0.15) is 0 Å². The van der Waals surface area contributed by atoms with Crippen LogP contribution in [0.25, 0.3) is 11.3 Å². The first-order valence-corrected chi connectivity index (χ1v) is 4.77. The third kappa shape index (κ3) is 1.63. The highest BCUT2D eigenvalue weighted by Gasteiger charge is 2.05. The number of aromatic nitrogens is 1. The van der Waals surface area contributed by atoms with Crippen molar-refractivity contribution in [2.24, 2.45) is 0 Å². The van der Waals surface area contributed by atoms with Crippen LogP contribution < -0.4 is 4.74 Å². The minimum Gasteiger partial charge on any atom is -0.496 e. The molecule has 2 rings (SSSR count). The van der Waals surface area contributed by atoms with E-state index in [4.69, 9.17) is 4.74 Å². The zero-order valence-corrected chi connectivity index (χ0v) is 8.71. The van der Waals surface area contributed by atoms with Crippen molar-refractivity contribution in [2.45, 2.75) is 4.90 Å². The fraction of sp³-hybridized carbons (Fsp3) is 0.0909. The van der Waals surface area contributed by atoms with Crippen LogP contribution in [0.5, 0.6) is 5.75 Å². The molecule has 0 unspecified atom stereocenters. The molecular weight excluding hydrogens is 194 g/mol. The normalized spacial score (nSPS) is 10.1. The van der Waals surface area contributed by atoms with Crippen molar-refractivity contribution < 1.29 is 4.74 Å². The van der Waals surface area contributed by atoms with E-state index >= 15 is 0 Å². The van der Waals surface area contributed by atoms with Crippen LogP contribution in [0.15, 0.2) is 41.4 Å². The molecule has 14 heavy (non-hydrogen) atoms. The molecule has 0 saturated carbocycles. The number of thiol groups is 1. The number of methoxy groups -OCH3 is 1. The van der Waals surface area contributed by atoms with Gasteiger partial charge in [-0.1, -0.05) is 12.1 Å². The van der Waals surface area contributed by atoms with Crippen molar-refractivity contribution in [3.8, 4) is 17.0 Å². The summed E-state index contributed by atoms with van der Waals surface area (Å²) in [5.74, 6) is 0.864. The van der Waals surface area contributed by atoms with Crippen LogP contribution in [0.4, 0.5) is 0 Å². The monoisotopic (exact) mass is 205 g/mol. The molecule has 2 nitrogen and oxygen atoms in total. The summed E-state index contributed by atoms with van der Waals surface area (Å²) in [6.07, 6.45) is 1.85. The first kappa shape index (κ1) is 9.21. The SMILES string of the molecule is COc1ccccc1-c1cc(S)c[nH]1. The second-order valence-electron chi connectivity index (χ2n) is 2.97. The molecule has 1 N–H and O–H groups in total. The number of para-hydroxylation sites is 1. The molecule has 0 saturated heterocycles. The summed E-state index contributed by atoms with van der Waals surface area (Å²) in [5, 5.41) is 0. The van der Waals surface area contributed by atoms with Gasteiger partial charge in [-0.25, -0.2) is 0 Å². The largest absolute Gasteiger partial charge is 0.496 e. The van der Waals surface area contributed by atoms with Gasteiger partial charge in [0.2, 0.25) is 0 Å². The van der Waals surface area contributed by atoms with Gasteiger partial charge in [0.15, 0.2) is 0 Å². The molecule has 72 valence electrons. The Morgan fingerprint density at radius 2 is 2.07 bits per heavy atom. The molecule has 0 fully saturated rings. The van der Waals surface area contributed by atoms with Crippen molar-refractivity contribution in [2.75, 3.05) is 7.11 Å². The number of hydrogen-bond acceptors (Lipinski definition) is 2. The Morgan fingerprint density at radius 3 is 2.71 bits per heavy atom. The highest BCUT2D eigenvalue weighted by Crippen LogP contribution is 2.29. The number of H-pyrrole nitrogens is 1. The maximum Gasteiger partial charge on any atom is 0.128 e. The summed E-state index contributed by atoms with van der Waals surface area (Å²) in [6, 6.07) is 9.86. The molecule has 0 amide bonds. The Hall–Kier alpha value is -1.35. The third-order valence-corrected chi connectivity index (χ3v) is 2.32. The fourth-order valence-corrected chi connectivity index (χ4v) is 1.60. The van der Waals surface area contributed by atoms with Gasteiger partial charge < -0.3 is 9.72 Å². The molecule has 0 aliphatic carbocycles. The number of aromatic amines is 1. The predicted molar refractivity (Wildman–Crippen MR) is 60.0 cm³/mol. The van der Waals surface area contributed by atoms with E-state index in [9.17, 15) is 0 Å². The molecule has 1 aromatic heterocycles. The molecule has 0 bridgehead atoms. The van der Waals surface area contributed by atoms with Crippen molar-refractivity contribution in [1.82, 2.24) is 4.98 Å². The van der Waals surface area contributed by atoms with Crippen molar-refractivity contribution in [1.29, 1.82) is 0 Å². The molecule has 0 spiro atoms. The minimum absolute atomic E-state index is 0.864. The zero-order valence-electron chi connectivity index (χ0n) is 7.82. The van der Waals surface area contributed by atoms with Crippen LogP contribution in [0, 0.1) is 0 Å². The molecular formula is C11H11NOS. The lowest BCUT2D eigenvalue weighted by Gasteiger charge is -2.05. The number of benzene rings is 1. The first-order chi connectivity index (χ1) is 6.81. The van der Waals surface area contributed by atoms with Crippen LogP contribution in [-0.2, 0) is 0 Å². The highest BCUT2D eigenvalue weighted by atomic mass is 32.1. The molecule has 0 aliphatic heterocycles. The van der Waals surface area contributed by atoms with Crippen LogP contribution in [-0.4, -0.2) is 12.1 Å². The topological polar surface area (TPSA) is 25.0 Å². The van der Waals surface area contributed by atoms with Crippen molar-refractivity contribution in [3.05, 3.63) is 36.5 Å². The van der Waals surface area contributed by atoms with E-state index < -0.39 is 0 Å². The third-order valence-electron chi connectivity index (χ3n) is 2.06. The lowest BCUT2D eigenvalue weighted by Crippen LogP contribution is -1.86. The summed E-state index contributed by atoms with van der Waals surface area (Å²) in [7, 11) is 1.67. The standard InChI is InChI=1S/C11H11NOS/c1-13-11-5-3-2-4-9(11)10-6-8(14)7-12-10/h2-7,12,14H,1H3. The minimum atomic E-state index is 0.864. The Balaban J connectivity index is 2.50. The van der Waals surface area contributed by atoms with Crippen LogP contribution in [0.2, 0.25) is 0 Å². The Labute approximate surface area is 88.3 Å². The summed E-state index contributed by atoms with van der Waals surface area (Å²) in [6.45, 7) is 0. The van der Waals surface area contributed by atoms with E-state index in [1.807, 2.05) is 36.5 Å². The van der Waals surface area contributed by atoms with Crippen LogP contribution >= 0.6 is 12.6 Å². The van der Waals surface area contributed by atoms with E-state index in [0.29, 0.717) is 0 Å². The van der Waals surface area contributed by atoms with Crippen molar-refractivity contribution >= 4 is 12.6 Å². The van der Waals surface area contributed by atoms with Gasteiger partial charge in [0.05, 0.1) is 12.8 Å². The smallest absolute Gasteiger partial charge is 0.128 e. The summed E-state index contributed by atoms with van der Waals surface area (Å²) in [5.41, 5.74) is 2.07. The molecule has 2 aromatic rings. The van der Waals surface area contributed by atoms with Gasteiger partial charge in [-0.3, -0.25) is 0 Å². The van der Waals surface area contributed by atoms with Gasteiger partial charge >= 0.3 is 0 Å². The quantitative estimate of drug-likeness (QED) is 0.724. The molecule has 1 aromatic carbocycles. The number of nitrogens with one attached hydrogen (secondary N) is 1. The highest BCUT2D eigenvalue weighted by molar-refractivity contribution is 7.80. The molecule has 0 aliphatic rings.